The number of hydrogen-bond acceptors (Lipinski definition) is 8. The predicted octanol–water partition coefficient (Wildman–Crippen LogP) is 6.10. The Morgan fingerprint density at radius 3 is 2.50 bits per heavy atom. The molecule has 0 spiro atoms. The van der Waals surface area contributed by atoms with Gasteiger partial charge in [0.25, 0.3) is 5.91 Å². The summed E-state index contributed by atoms with van der Waals surface area (Å²) in [6.45, 7) is 7.73. The fourth-order valence-corrected chi connectivity index (χ4v) is 4.09. The average molecular weight is 544 g/mol. The molecule has 0 aliphatic carbocycles. The number of benzene rings is 2. The molecule has 0 atom stereocenters. The molecule has 9 nitrogen and oxygen atoms in total. The topological polar surface area (TPSA) is 112 Å². The highest BCUT2D eigenvalue weighted by Crippen LogP contribution is 2.30. The fourth-order valence-electron chi connectivity index (χ4n) is 4.09. The van der Waals surface area contributed by atoms with E-state index in [2.05, 4.69) is 10.3 Å². The van der Waals surface area contributed by atoms with Crippen LogP contribution in [0.25, 0.3) is 11.0 Å². The Balaban J connectivity index is 1.87. The summed E-state index contributed by atoms with van der Waals surface area (Å²) in [7, 11) is 3.07. The van der Waals surface area contributed by atoms with Crippen molar-refractivity contribution in [3.05, 3.63) is 82.2 Å². The lowest BCUT2D eigenvalue weighted by Crippen LogP contribution is -2.22. The standard InChI is InChI=1S/C31H33N3O6/c1-7-8-28(35)39-17-21-16-32-20(4)29-24(21)15-25(31(40-29)33-22-10-9-18(2)19(3)13-22)30(36)34-26-12-11-23(37-5)14-27(26)38-6/h9-16H,7-8,17H2,1-6H3,(H,34,36). The van der Waals surface area contributed by atoms with E-state index in [9.17, 15) is 9.59 Å². The Kier molecular flexibility index (Phi) is 8.83. The van der Waals surface area contributed by atoms with E-state index in [0.717, 1.165) is 11.1 Å². The number of carbonyl (C=O) groups excluding carboxylic acids is 2. The molecule has 2 aromatic heterocycles. The van der Waals surface area contributed by atoms with Gasteiger partial charge in [-0.25, -0.2) is 4.99 Å². The number of fused-ring (bicyclic) bond motifs is 1. The Bertz CT molecular complexity index is 1640. The fraction of sp³-hybridized carbons (Fsp3) is 0.290. The number of aryl methyl sites for hydroxylation is 3. The third kappa shape index (κ3) is 6.31. The SMILES string of the molecule is CCCC(=O)OCc1cnc(C)c2oc(=Nc3ccc(C)c(C)c3)c(C(=O)Nc3ccc(OC)cc3OC)cc12. The molecule has 1 amide bonds. The van der Waals surface area contributed by atoms with E-state index in [0.29, 0.717) is 57.9 Å². The van der Waals surface area contributed by atoms with Gasteiger partial charge < -0.3 is 23.9 Å². The summed E-state index contributed by atoms with van der Waals surface area (Å²) in [5.74, 6) is 0.257. The summed E-state index contributed by atoms with van der Waals surface area (Å²) >= 11 is 0. The molecule has 0 radical (unpaired) electrons. The second-order valence-electron chi connectivity index (χ2n) is 9.39. The zero-order valence-corrected chi connectivity index (χ0v) is 23.6. The number of rotatable bonds is 9. The van der Waals surface area contributed by atoms with Crippen LogP contribution in [0.15, 0.2) is 58.1 Å². The molecule has 0 aliphatic heterocycles. The van der Waals surface area contributed by atoms with Crippen molar-refractivity contribution in [1.29, 1.82) is 0 Å². The Morgan fingerprint density at radius 1 is 1.00 bits per heavy atom. The minimum Gasteiger partial charge on any atom is -0.497 e. The maximum atomic E-state index is 13.7. The number of methoxy groups -OCH3 is 2. The summed E-state index contributed by atoms with van der Waals surface area (Å²) < 4.78 is 22.4. The molecule has 0 fully saturated rings. The highest BCUT2D eigenvalue weighted by Gasteiger charge is 2.19. The first-order chi connectivity index (χ1) is 19.2. The number of esters is 1. The molecule has 208 valence electrons. The predicted molar refractivity (Wildman–Crippen MR) is 152 cm³/mol. The Morgan fingerprint density at radius 2 is 1.80 bits per heavy atom. The number of nitrogens with one attached hydrogen (secondary N) is 1. The van der Waals surface area contributed by atoms with Crippen molar-refractivity contribution in [2.45, 2.75) is 47.1 Å². The number of ether oxygens (including phenoxy) is 3. The molecular weight excluding hydrogens is 510 g/mol. The summed E-state index contributed by atoms with van der Waals surface area (Å²) in [4.78, 5) is 34.9. The van der Waals surface area contributed by atoms with Crippen LogP contribution in [0, 0.1) is 20.8 Å². The van der Waals surface area contributed by atoms with Crippen molar-refractivity contribution < 1.29 is 28.2 Å². The van der Waals surface area contributed by atoms with Gasteiger partial charge >= 0.3 is 5.97 Å². The summed E-state index contributed by atoms with van der Waals surface area (Å²) in [5.41, 5.74) is 5.25. The molecule has 9 heteroatoms. The van der Waals surface area contributed by atoms with Crippen molar-refractivity contribution in [2.75, 3.05) is 19.5 Å². The van der Waals surface area contributed by atoms with Crippen LogP contribution in [0.2, 0.25) is 0 Å². The maximum Gasteiger partial charge on any atom is 0.306 e. The number of anilines is 1. The van der Waals surface area contributed by atoms with E-state index in [1.54, 1.807) is 44.5 Å². The van der Waals surface area contributed by atoms with Gasteiger partial charge in [0.2, 0.25) is 5.55 Å². The third-order valence-corrected chi connectivity index (χ3v) is 6.52. The van der Waals surface area contributed by atoms with Crippen LogP contribution in [0.4, 0.5) is 11.4 Å². The van der Waals surface area contributed by atoms with Gasteiger partial charge in [0, 0.05) is 29.6 Å². The maximum absolute atomic E-state index is 13.7. The van der Waals surface area contributed by atoms with Gasteiger partial charge in [0.05, 0.1) is 31.3 Å². The summed E-state index contributed by atoms with van der Waals surface area (Å²) in [6.07, 6.45) is 2.63. The second kappa shape index (κ2) is 12.5. The van der Waals surface area contributed by atoms with E-state index in [1.807, 2.05) is 39.0 Å². The lowest BCUT2D eigenvalue weighted by molar-refractivity contribution is -0.144. The smallest absolute Gasteiger partial charge is 0.306 e. The van der Waals surface area contributed by atoms with Gasteiger partial charge in [-0.3, -0.25) is 14.6 Å². The van der Waals surface area contributed by atoms with Gasteiger partial charge in [0.1, 0.15) is 23.7 Å². The molecule has 0 bridgehead atoms. The zero-order valence-electron chi connectivity index (χ0n) is 23.6. The van der Waals surface area contributed by atoms with E-state index < -0.39 is 5.91 Å². The first kappa shape index (κ1) is 28.4. The first-order valence-corrected chi connectivity index (χ1v) is 13.0. The van der Waals surface area contributed by atoms with Crippen molar-refractivity contribution in [3.8, 4) is 11.5 Å². The number of amides is 1. The molecule has 0 unspecified atom stereocenters. The number of carbonyl (C=O) groups is 2. The second-order valence-corrected chi connectivity index (χ2v) is 9.39. The van der Waals surface area contributed by atoms with Crippen LogP contribution < -0.4 is 20.3 Å². The van der Waals surface area contributed by atoms with Gasteiger partial charge in [0.15, 0.2) is 5.58 Å². The Labute approximate surface area is 232 Å². The van der Waals surface area contributed by atoms with Gasteiger partial charge in [-0.2, -0.15) is 0 Å². The molecule has 1 N–H and O–H groups in total. The van der Waals surface area contributed by atoms with Crippen LogP contribution in [0.1, 0.15) is 52.5 Å². The van der Waals surface area contributed by atoms with Gasteiger partial charge in [-0.1, -0.05) is 13.0 Å². The van der Waals surface area contributed by atoms with Crippen LogP contribution in [-0.2, 0) is 16.1 Å². The molecule has 40 heavy (non-hydrogen) atoms. The number of hydrogen-bond donors (Lipinski definition) is 1. The first-order valence-electron chi connectivity index (χ1n) is 13.0. The Hall–Kier alpha value is -4.66. The zero-order chi connectivity index (χ0) is 28.8. The quantitative estimate of drug-likeness (QED) is 0.254. The molecule has 2 heterocycles. The van der Waals surface area contributed by atoms with Crippen molar-refractivity contribution >= 4 is 34.2 Å². The van der Waals surface area contributed by atoms with E-state index in [1.165, 1.54) is 7.11 Å². The number of aromatic nitrogens is 1. The molecule has 2 aromatic carbocycles. The normalized spacial score (nSPS) is 11.4. The molecular formula is C31H33N3O6. The van der Waals surface area contributed by atoms with Crippen LogP contribution >= 0.6 is 0 Å². The highest BCUT2D eigenvalue weighted by molar-refractivity contribution is 6.06. The molecule has 0 saturated carbocycles. The van der Waals surface area contributed by atoms with E-state index in [-0.39, 0.29) is 23.7 Å². The van der Waals surface area contributed by atoms with Crippen LogP contribution in [0.5, 0.6) is 11.5 Å². The van der Waals surface area contributed by atoms with Crippen molar-refractivity contribution in [2.24, 2.45) is 4.99 Å². The monoisotopic (exact) mass is 543 g/mol. The van der Waals surface area contributed by atoms with Crippen molar-refractivity contribution in [3.63, 3.8) is 0 Å². The van der Waals surface area contributed by atoms with Crippen LogP contribution in [-0.4, -0.2) is 31.1 Å². The summed E-state index contributed by atoms with van der Waals surface area (Å²) in [5, 5.41) is 3.50. The minimum atomic E-state index is -0.458. The molecule has 4 aromatic rings. The number of nitrogens with zero attached hydrogens (tertiary/aromatic N) is 2. The highest BCUT2D eigenvalue weighted by atomic mass is 16.5. The molecule has 0 aliphatic rings. The van der Waals surface area contributed by atoms with Crippen LogP contribution in [0.3, 0.4) is 0 Å². The van der Waals surface area contributed by atoms with E-state index in [4.69, 9.17) is 23.6 Å². The summed E-state index contributed by atoms with van der Waals surface area (Å²) in [6, 6.07) is 12.6. The van der Waals surface area contributed by atoms with Gasteiger partial charge in [-0.05, 0) is 68.7 Å². The number of pyridine rings is 1. The lowest BCUT2D eigenvalue weighted by atomic mass is 10.1. The third-order valence-electron chi connectivity index (χ3n) is 6.52. The largest absolute Gasteiger partial charge is 0.497 e. The molecule has 0 saturated heterocycles. The van der Waals surface area contributed by atoms with Crippen molar-refractivity contribution in [1.82, 2.24) is 4.98 Å². The van der Waals surface area contributed by atoms with Gasteiger partial charge in [-0.15, -0.1) is 0 Å². The molecule has 4 rings (SSSR count). The van der Waals surface area contributed by atoms with E-state index >= 15 is 0 Å². The lowest BCUT2D eigenvalue weighted by Gasteiger charge is -2.13. The average Bonchev–Trinajstić information content (AvgIpc) is 2.95. The minimum absolute atomic E-state index is 0.000852.